The van der Waals surface area contributed by atoms with E-state index in [0.29, 0.717) is 0 Å². The lowest BCUT2D eigenvalue weighted by molar-refractivity contribution is -0.0765. The molecule has 1 atom stereocenters. The number of amides is 1. The molecule has 0 bridgehead atoms. The molecule has 1 fully saturated rings. The molecule has 3 aromatic heterocycles. The maximum absolute atomic E-state index is 14.6. The number of alkyl halides is 2. The number of imidazole rings is 1. The minimum Gasteiger partial charge on any atom is -0.438 e. The Labute approximate surface area is 173 Å². The molecule has 0 radical (unpaired) electrons. The molecule has 1 saturated heterocycles. The summed E-state index contributed by atoms with van der Waals surface area (Å²) in [6, 6.07) is 1.17. The first-order valence-corrected chi connectivity index (χ1v) is 9.41. The number of aromatic nitrogens is 5. The van der Waals surface area contributed by atoms with Gasteiger partial charge in [0.25, 0.3) is 5.56 Å². The lowest BCUT2D eigenvalue weighted by atomic mass is 10.2. The monoisotopic (exact) mass is 435 g/mol. The number of nitrogens with zero attached hydrogens (tertiary/aromatic N) is 4. The molecule has 0 spiro atoms. The van der Waals surface area contributed by atoms with Gasteiger partial charge in [-0.1, -0.05) is 0 Å². The van der Waals surface area contributed by atoms with Crippen LogP contribution in [0.3, 0.4) is 0 Å². The van der Waals surface area contributed by atoms with Crippen LogP contribution in [0, 0.1) is 0 Å². The molecule has 0 saturated carbocycles. The van der Waals surface area contributed by atoms with Crippen LogP contribution < -0.4 is 21.5 Å². The van der Waals surface area contributed by atoms with Crippen LogP contribution in [0.2, 0.25) is 0 Å². The van der Waals surface area contributed by atoms with E-state index in [9.17, 15) is 23.2 Å². The van der Waals surface area contributed by atoms with E-state index in [-0.39, 0.29) is 35.2 Å². The topological polar surface area (TPSA) is 137 Å². The minimum atomic E-state index is -3.31. The van der Waals surface area contributed by atoms with Gasteiger partial charge in [-0.15, -0.1) is 0 Å². The van der Waals surface area contributed by atoms with Crippen molar-refractivity contribution in [2.75, 3.05) is 18.0 Å². The number of rotatable bonds is 4. The molecule has 1 amide bonds. The van der Waals surface area contributed by atoms with Gasteiger partial charge >= 0.3 is 17.7 Å². The zero-order valence-corrected chi connectivity index (χ0v) is 16.6. The highest BCUT2D eigenvalue weighted by molar-refractivity contribution is 5.75. The van der Waals surface area contributed by atoms with Gasteiger partial charge < -0.3 is 19.9 Å². The summed E-state index contributed by atoms with van der Waals surface area (Å²) in [5, 5.41) is 6.69. The van der Waals surface area contributed by atoms with Crippen LogP contribution in [0.5, 0.6) is 0 Å². The van der Waals surface area contributed by atoms with Crippen LogP contribution in [0.4, 0.5) is 19.3 Å². The van der Waals surface area contributed by atoms with Crippen LogP contribution in [0.15, 0.2) is 34.2 Å². The standard InChI is InChI=1S/C18H19F2N7O4/c1-9(2)23-17(30)31-13-7-26(8-18(13,19)20)12-5-11(25-27-4-3-21-14(12)27)10-6-22-16(29)24-15(10)28/h3-6,9,13H,7-8H2,1-2H3,(H,23,30)(H2,22,24,28,29)/t13-/m0/s1. The van der Waals surface area contributed by atoms with Crippen molar-refractivity contribution in [2.24, 2.45) is 0 Å². The Bertz CT molecular complexity index is 1250. The van der Waals surface area contributed by atoms with Crippen molar-refractivity contribution in [3.8, 4) is 11.3 Å². The molecule has 4 rings (SSSR count). The molecular weight excluding hydrogens is 416 g/mol. The summed E-state index contributed by atoms with van der Waals surface area (Å²) < 4.78 is 35.5. The first-order valence-electron chi connectivity index (χ1n) is 9.41. The molecule has 11 nitrogen and oxygen atoms in total. The third kappa shape index (κ3) is 3.98. The van der Waals surface area contributed by atoms with Crippen molar-refractivity contribution < 1.29 is 18.3 Å². The van der Waals surface area contributed by atoms with Crippen LogP contribution in [-0.4, -0.2) is 61.8 Å². The lowest BCUT2D eigenvalue weighted by Gasteiger charge is -2.19. The van der Waals surface area contributed by atoms with Crippen molar-refractivity contribution in [1.82, 2.24) is 29.9 Å². The normalized spacial score (nSPS) is 18.0. The van der Waals surface area contributed by atoms with Crippen molar-refractivity contribution in [1.29, 1.82) is 0 Å². The number of anilines is 1. The van der Waals surface area contributed by atoms with E-state index in [2.05, 4.69) is 25.4 Å². The van der Waals surface area contributed by atoms with Gasteiger partial charge in [0.05, 0.1) is 24.3 Å². The maximum Gasteiger partial charge on any atom is 0.407 e. The van der Waals surface area contributed by atoms with Crippen LogP contribution in [0.1, 0.15) is 13.8 Å². The molecule has 13 heteroatoms. The molecule has 3 aromatic rings. The fourth-order valence-corrected chi connectivity index (χ4v) is 3.32. The second-order valence-electron chi connectivity index (χ2n) is 7.43. The first-order chi connectivity index (χ1) is 14.6. The molecule has 0 aliphatic carbocycles. The average Bonchev–Trinajstić information content (AvgIpc) is 3.24. The van der Waals surface area contributed by atoms with Gasteiger partial charge in [-0.25, -0.2) is 27.9 Å². The molecule has 3 N–H and O–H groups in total. The number of carbonyl (C=O) groups excluding carboxylic acids is 1. The van der Waals surface area contributed by atoms with Crippen LogP contribution >= 0.6 is 0 Å². The third-order valence-electron chi connectivity index (χ3n) is 4.69. The Morgan fingerprint density at radius 1 is 1.39 bits per heavy atom. The van der Waals surface area contributed by atoms with Crippen LogP contribution in [0.25, 0.3) is 16.9 Å². The number of H-pyrrole nitrogens is 2. The van der Waals surface area contributed by atoms with Crippen molar-refractivity contribution in [3.05, 3.63) is 45.5 Å². The highest BCUT2D eigenvalue weighted by Gasteiger charge is 2.51. The summed E-state index contributed by atoms with van der Waals surface area (Å²) in [5.74, 6) is -3.31. The van der Waals surface area contributed by atoms with Gasteiger partial charge in [-0.05, 0) is 19.9 Å². The molecular formula is C18H19F2N7O4. The summed E-state index contributed by atoms with van der Waals surface area (Å²) in [6.45, 7) is 2.37. The van der Waals surface area contributed by atoms with Crippen molar-refractivity contribution in [3.63, 3.8) is 0 Å². The van der Waals surface area contributed by atoms with Gasteiger partial charge in [-0.2, -0.15) is 5.10 Å². The average molecular weight is 435 g/mol. The summed E-state index contributed by atoms with van der Waals surface area (Å²) in [7, 11) is 0. The zero-order chi connectivity index (χ0) is 22.3. The number of hydrogen-bond acceptors (Lipinski definition) is 7. The summed E-state index contributed by atoms with van der Waals surface area (Å²) in [4.78, 5) is 45.2. The Hall–Kier alpha value is -3.77. The first kappa shape index (κ1) is 20.5. The molecule has 0 unspecified atom stereocenters. The Morgan fingerprint density at radius 3 is 2.87 bits per heavy atom. The number of fused-ring (bicyclic) bond motifs is 1. The molecule has 164 valence electrons. The molecule has 31 heavy (non-hydrogen) atoms. The summed E-state index contributed by atoms with van der Waals surface area (Å²) in [6.07, 6.45) is 1.53. The third-order valence-corrected chi connectivity index (χ3v) is 4.69. The summed E-state index contributed by atoms with van der Waals surface area (Å²) in [5.41, 5.74) is -0.616. The summed E-state index contributed by atoms with van der Waals surface area (Å²) >= 11 is 0. The van der Waals surface area contributed by atoms with Gasteiger partial charge in [-0.3, -0.25) is 9.78 Å². The molecule has 0 aromatic carbocycles. The quantitative estimate of drug-likeness (QED) is 0.549. The van der Waals surface area contributed by atoms with E-state index < -0.39 is 35.9 Å². The van der Waals surface area contributed by atoms with Crippen molar-refractivity contribution in [2.45, 2.75) is 31.9 Å². The number of alkyl carbamates (subject to hydrolysis) is 1. The number of hydrogen-bond donors (Lipinski definition) is 3. The SMILES string of the molecule is CC(C)NC(=O)O[C@H]1CN(c2cc(-c3c[nH]c(=O)[nH]c3=O)nn3ccnc23)CC1(F)F. The zero-order valence-electron chi connectivity index (χ0n) is 16.6. The fourth-order valence-electron chi connectivity index (χ4n) is 3.32. The lowest BCUT2D eigenvalue weighted by Crippen LogP contribution is -2.40. The van der Waals surface area contributed by atoms with Gasteiger partial charge in [0, 0.05) is 24.6 Å². The molecule has 1 aliphatic rings. The minimum absolute atomic E-state index is 0.0477. The van der Waals surface area contributed by atoms with Gasteiger partial charge in [0.2, 0.25) is 0 Å². The van der Waals surface area contributed by atoms with E-state index >= 15 is 0 Å². The molecule has 4 heterocycles. The predicted octanol–water partition coefficient (Wildman–Crippen LogP) is 0.731. The van der Waals surface area contributed by atoms with Gasteiger partial charge in [0.1, 0.15) is 5.69 Å². The maximum atomic E-state index is 14.6. The number of carbonyl (C=O) groups is 1. The Morgan fingerprint density at radius 2 is 2.16 bits per heavy atom. The number of nitrogens with one attached hydrogen (secondary N) is 3. The number of halogens is 2. The molecule has 1 aliphatic heterocycles. The Kier molecular flexibility index (Phi) is 4.95. The van der Waals surface area contributed by atoms with Crippen LogP contribution in [-0.2, 0) is 4.74 Å². The highest BCUT2D eigenvalue weighted by Crippen LogP contribution is 2.35. The predicted molar refractivity (Wildman–Crippen MR) is 105 cm³/mol. The number of ether oxygens (including phenoxy) is 1. The fraction of sp³-hybridized carbons (Fsp3) is 0.389. The highest BCUT2D eigenvalue weighted by atomic mass is 19.3. The van der Waals surface area contributed by atoms with Gasteiger partial charge in [0.15, 0.2) is 11.8 Å². The largest absolute Gasteiger partial charge is 0.438 e. The van der Waals surface area contributed by atoms with E-state index in [4.69, 9.17) is 4.74 Å². The Balaban J connectivity index is 1.71. The van der Waals surface area contributed by atoms with Crippen molar-refractivity contribution >= 4 is 17.4 Å². The van der Waals surface area contributed by atoms with E-state index in [1.165, 1.54) is 34.1 Å². The smallest absolute Gasteiger partial charge is 0.407 e. The van der Waals surface area contributed by atoms with E-state index in [0.717, 1.165) is 0 Å². The van der Waals surface area contributed by atoms with E-state index in [1.807, 2.05) is 0 Å². The second kappa shape index (κ2) is 7.49. The number of aromatic amines is 2. The second-order valence-corrected chi connectivity index (χ2v) is 7.43. The van der Waals surface area contributed by atoms with E-state index in [1.54, 1.807) is 13.8 Å².